The summed E-state index contributed by atoms with van der Waals surface area (Å²) in [6, 6.07) is 3.53. The molecule has 0 unspecified atom stereocenters. The predicted molar refractivity (Wildman–Crippen MR) is 133 cm³/mol. The van der Waals surface area contributed by atoms with Crippen molar-refractivity contribution in [2.45, 2.75) is 59.2 Å². The Hall–Kier alpha value is -5.11. The summed E-state index contributed by atoms with van der Waals surface area (Å²) in [5.74, 6) is -7.07. The Morgan fingerprint density at radius 1 is 0.762 bits per heavy atom. The van der Waals surface area contributed by atoms with Gasteiger partial charge >= 0.3 is 29.8 Å². The molecule has 14 nitrogen and oxygen atoms in total. The summed E-state index contributed by atoms with van der Waals surface area (Å²) in [4.78, 5) is 88.1. The molecule has 5 rings (SSSR count). The number of esters is 5. The molecular formula is C28H22O14. The van der Waals surface area contributed by atoms with E-state index in [0.717, 1.165) is 34.6 Å². The molecule has 2 aromatic rings. The van der Waals surface area contributed by atoms with Crippen molar-refractivity contribution < 1.29 is 66.7 Å². The standard InChI is InChI=1S/C28H22O14/c1-10(29)36-16-6-7-17(37-11(2)30)22-21(16)24(34)15-8-18-23(26(39-13(4)32)20(15)25(22)35)28(42-14(5)33)9-19(38-12(3)31)41-27(28)40-18/h6-8,19,27H,9H2,1-5H3/t19-,27-,28+/m0/s1. The highest BCUT2D eigenvalue weighted by Gasteiger charge is 2.63. The van der Waals surface area contributed by atoms with Crippen molar-refractivity contribution in [1.29, 1.82) is 0 Å². The lowest BCUT2D eigenvalue weighted by Crippen LogP contribution is -2.38. The average Bonchev–Trinajstić information content (AvgIpc) is 3.31. The van der Waals surface area contributed by atoms with Crippen LogP contribution in [0.15, 0.2) is 18.2 Å². The molecule has 1 saturated heterocycles. The number of fused-ring (bicyclic) bond motifs is 5. The van der Waals surface area contributed by atoms with E-state index in [0.29, 0.717) is 0 Å². The number of ketones is 2. The van der Waals surface area contributed by atoms with Gasteiger partial charge in [0.1, 0.15) is 17.2 Å². The molecule has 0 N–H and O–H groups in total. The zero-order chi connectivity index (χ0) is 30.7. The largest absolute Gasteiger partial charge is 0.459 e. The normalized spacial score (nSPS) is 21.2. The summed E-state index contributed by atoms with van der Waals surface area (Å²) in [6.07, 6.45) is -2.99. The molecule has 0 amide bonds. The van der Waals surface area contributed by atoms with E-state index in [2.05, 4.69) is 0 Å². The van der Waals surface area contributed by atoms with Gasteiger partial charge in [-0.25, -0.2) is 0 Å². The molecule has 42 heavy (non-hydrogen) atoms. The number of ether oxygens (including phenoxy) is 7. The first-order valence-corrected chi connectivity index (χ1v) is 12.5. The smallest absolute Gasteiger partial charge is 0.308 e. The lowest BCUT2D eigenvalue weighted by atomic mass is 9.79. The van der Waals surface area contributed by atoms with Crippen molar-refractivity contribution in [2.75, 3.05) is 0 Å². The molecule has 0 bridgehead atoms. The van der Waals surface area contributed by atoms with Crippen LogP contribution in [0, 0.1) is 0 Å². The Morgan fingerprint density at radius 2 is 1.33 bits per heavy atom. The minimum Gasteiger partial charge on any atom is -0.459 e. The lowest BCUT2D eigenvalue weighted by molar-refractivity contribution is -0.204. The van der Waals surface area contributed by atoms with Gasteiger partial charge in [0.05, 0.1) is 28.7 Å². The topological polar surface area (TPSA) is 184 Å². The molecule has 0 spiro atoms. The Labute approximate surface area is 236 Å². The SMILES string of the molecule is CC(=O)Oc1ccc(OC(C)=O)c2c1C(=O)c1cc3c(c(OC(C)=O)c1C2=O)[C@]1(OC(C)=O)C[C@@H](OC(C)=O)O[C@@H]1O3. The summed E-state index contributed by atoms with van der Waals surface area (Å²) >= 11 is 0. The lowest BCUT2D eigenvalue weighted by Gasteiger charge is -2.29. The van der Waals surface area contributed by atoms with E-state index in [1.165, 1.54) is 18.2 Å². The highest BCUT2D eigenvalue weighted by molar-refractivity contribution is 6.31. The van der Waals surface area contributed by atoms with Crippen molar-refractivity contribution in [3.8, 4) is 23.0 Å². The molecule has 2 heterocycles. The molecule has 3 aliphatic rings. The molecule has 0 aromatic heterocycles. The van der Waals surface area contributed by atoms with Crippen LogP contribution in [-0.4, -0.2) is 54.0 Å². The molecule has 0 saturated carbocycles. The zero-order valence-electron chi connectivity index (χ0n) is 22.8. The summed E-state index contributed by atoms with van der Waals surface area (Å²) in [5.41, 5.74) is -3.57. The maximum atomic E-state index is 14.2. The number of benzene rings is 2. The predicted octanol–water partition coefficient (Wildman–Crippen LogP) is 2.02. The molecule has 2 aromatic carbocycles. The number of carbonyl (C=O) groups is 7. The highest BCUT2D eigenvalue weighted by Crippen LogP contribution is 2.58. The van der Waals surface area contributed by atoms with Gasteiger partial charge in [-0.1, -0.05) is 0 Å². The van der Waals surface area contributed by atoms with E-state index in [1.807, 2.05) is 0 Å². The van der Waals surface area contributed by atoms with Crippen LogP contribution in [0.3, 0.4) is 0 Å². The summed E-state index contributed by atoms with van der Waals surface area (Å²) in [5, 5.41) is 0. The van der Waals surface area contributed by atoms with E-state index in [-0.39, 0.29) is 40.4 Å². The van der Waals surface area contributed by atoms with Gasteiger partial charge in [-0.2, -0.15) is 0 Å². The van der Waals surface area contributed by atoms with Crippen molar-refractivity contribution in [3.63, 3.8) is 0 Å². The number of hydrogen-bond acceptors (Lipinski definition) is 14. The maximum Gasteiger partial charge on any atom is 0.308 e. The van der Waals surface area contributed by atoms with E-state index in [9.17, 15) is 33.6 Å². The molecule has 3 atom stereocenters. The first-order chi connectivity index (χ1) is 19.7. The Kier molecular flexibility index (Phi) is 6.81. The Bertz CT molecular complexity index is 1640. The van der Waals surface area contributed by atoms with Crippen LogP contribution in [0.1, 0.15) is 78.4 Å². The van der Waals surface area contributed by atoms with Gasteiger partial charge in [0.25, 0.3) is 0 Å². The monoisotopic (exact) mass is 582 g/mol. The number of carbonyl (C=O) groups excluding carboxylic acids is 7. The maximum absolute atomic E-state index is 14.2. The minimum absolute atomic E-state index is 0.124. The Morgan fingerprint density at radius 3 is 1.86 bits per heavy atom. The van der Waals surface area contributed by atoms with Crippen LogP contribution < -0.4 is 18.9 Å². The van der Waals surface area contributed by atoms with Crippen LogP contribution in [0.5, 0.6) is 23.0 Å². The van der Waals surface area contributed by atoms with Gasteiger partial charge in [0, 0.05) is 40.2 Å². The molecule has 1 fully saturated rings. The molecular weight excluding hydrogens is 560 g/mol. The van der Waals surface area contributed by atoms with Gasteiger partial charge < -0.3 is 28.4 Å². The fourth-order valence-corrected chi connectivity index (χ4v) is 5.28. The third-order valence-electron chi connectivity index (χ3n) is 6.46. The van der Waals surface area contributed by atoms with Gasteiger partial charge in [-0.15, -0.1) is 0 Å². The highest BCUT2D eigenvalue weighted by atomic mass is 16.8. The second kappa shape index (κ2) is 10.1. The van der Waals surface area contributed by atoms with Crippen molar-refractivity contribution in [3.05, 3.63) is 46.0 Å². The van der Waals surface area contributed by atoms with Crippen molar-refractivity contribution >= 4 is 41.4 Å². The molecule has 218 valence electrons. The van der Waals surface area contributed by atoms with Gasteiger partial charge in [0.15, 0.2) is 11.5 Å². The first kappa shape index (κ1) is 28.4. The third kappa shape index (κ3) is 4.55. The molecule has 1 aliphatic carbocycles. The van der Waals surface area contributed by atoms with Gasteiger partial charge in [-0.3, -0.25) is 38.3 Å². The van der Waals surface area contributed by atoms with E-state index < -0.39 is 76.5 Å². The van der Waals surface area contributed by atoms with Crippen LogP contribution in [0.4, 0.5) is 0 Å². The van der Waals surface area contributed by atoms with E-state index in [4.69, 9.17) is 33.2 Å². The minimum atomic E-state index is -1.87. The molecule has 2 aliphatic heterocycles. The fraction of sp³-hybridized carbons (Fsp3) is 0.321. The third-order valence-corrected chi connectivity index (χ3v) is 6.46. The van der Waals surface area contributed by atoms with Crippen molar-refractivity contribution in [2.24, 2.45) is 0 Å². The van der Waals surface area contributed by atoms with Gasteiger partial charge in [0.2, 0.25) is 24.0 Å². The molecule has 14 heteroatoms. The van der Waals surface area contributed by atoms with Crippen LogP contribution in [0.2, 0.25) is 0 Å². The first-order valence-electron chi connectivity index (χ1n) is 12.5. The summed E-state index contributed by atoms with van der Waals surface area (Å²) < 4.78 is 38.2. The van der Waals surface area contributed by atoms with E-state index in [1.54, 1.807) is 0 Å². The quantitative estimate of drug-likeness (QED) is 0.314. The molecule has 0 radical (unpaired) electrons. The van der Waals surface area contributed by atoms with Crippen LogP contribution in [-0.2, 0) is 43.8 Å². The zero-order valence-corrected chi connectivity index (χ0v) is 22.8. The summed E-state index contributed by atoms with van der Waals surface area (Å²) in [7, 11) is 0. The fourth-order valence-electron chi connectivity index (χ4n) is 5.28. The van der Waals surface area contributed by atoms with Crippen LogP contribution in [0.25, 0.3) is 0 Å². The van der Waals surface area contributed by atoms with Crippen LogP contribution >= 0.6 is 0 Å². The van der Waals surface area contributed by atoms with E-state index >= 15 is 0 Å². The second-order valence-electron chi connectivity index (χ2n) is 9.56. The Balaban J connectivity index is 1.80. The average molecular weight is 582 g/mol. The van der Waals surface area contributed by atoms with Crippen molar-refractivity contribution in [1.82, 2.24) is 0 Å². The second-order valence-corrected chi connectivity index (χ2v) is 9.56. The van der Waals surface area contributed by atoms with Gasteiger partial charge in [-0.05, 0) is 18.2 Å². The summed E-state index contributed by atoms with van der Waals surface area (Å²) in [6.45, 7) is 5.44. The number of rotatable bonds is 5. The number of hydrogen-bond donors (Lipinski definition) is 0.